The molecule has 0 bridgehead atoms. The molecule has 0 aromatic heterocycles. The Hall–Kier alpha value is -0.873. The highest BCUT2D eigenvalue weighted by atomic mass is 28.2. The maximum atomic E-state index is 11.1. The van der Waals surface area contributed by atoms with Gasteiger partial charge in [0.05, 0.1) is 6.10 Å². The summed E-state index contributed by atoms with van der Waals surface area (Å²) in [7, 11) is -0.660. The van der Waals surface area contributed by atoms with Gasteiger partial charge >= 0.3 is 5.97 Å². The van der Waals surface area contributed by atoms with Gasteiger partial charge in [-0.1, -0.05) is 24.8 Å². The number of rotatable bonds is 7. The molecule has 0 saturated carbocycles. The van der Waals surface area contributed by atoms with Crippen LogP contribution in [0.1, 0.15) is 34.1 Å². The quantitative estimate of drug-likeness (QED) is 0.389. The van der Waals surface area contributed by atoms with E-state index in [2.05, 4.69) is 19.6 Å². The summed E-state index contributed by atoms with van der Waals surface area (Å²) < 4.78 is 10.9. The van der Waals surface area contributed by atoms with Gasteiger partial charge in [0.25, 0.3) is 0 Å². The molecule has 4 heteroatoms. The lowest BCUT2D eigenvalue weighted by Gasteiger charge is -2.23. The third-order valence-electron chi connectivity index (χ3n) is 2.43. The van der Waals surface area contributed by atoms with Crippen molar-refractivity contribution >= 4 is 15.7 Å². The summed E-state index contributed by atoms with van der Waals surface area (Å²) in [5.41, 5.74) is 0. The van der Waals surface area contributed by atoms with Crippen molar-refractivity contribution in [2.75, 3.05) is 0 Å². The first-order valence-corrected chi connectivity index (χ1v) is 6.90. The highest BCUT2D eigenvalue weighted by molar-refractivity contribution is 6.37. The number of ether oxygens (including phenoxy) is 1. The van der Waals surface area contributed by atoms with Crippen LogP contribution in [0.15, 0.2) is 23.9 Å². The molecule has 0 aromatic rings. The van der Waals surface area contributed by atoms with Crippen LogP contribution in [0.2, 0.25) is 0 Å². The lowest BCUT2D eigenvalue weighted by atomic mass is 10.2. The molecule has 2 unspecified atom stereocenters. The standard InChI is InChI=1S/C12H22O3Si/c1-6-9(4)16-15-10(5)11(7-2)14-12(13)8-3/h6,8,10-11H,3,7,16H2,1-2,4-5H3. The first kappa shape index (κ1) is 15.1. The minimum Gasteiger partial charge on any atom is -0.457 e. The van der Waals surface area contributed by atoms with Gasteiger partial charge in [-0.3, -0.25) is 0 Å². The molecular weight excluding hydrogens is 220 g/mol. The molecule has 0 aliphatic heterocycles. The molecule has 0 aromatic carbocycles. The van der Waals surface area contributed by atoms with Crippen LogP contribution in [0, 0.1) is 0 Å². The molecule has 16 heavy (non-hydrogen) atoms. The van der Waals surface area contributed by atoms with Gasteiger partial charge in [-0.2, -0.15) is 0 Å². The van der Waals surface area contributed by atoms with E-state index >= 15 is 0 Å². The number of hydrogen-bond acceptors (Lipinski definition) is 3. The number of esters is 1. The summed E-state index contributed by atoms with van der Waals surface area (Å²) in [5.74, 6) is -0.383. The molecule has 92 valence electrons. The largest absolute Gasteiger partial charge is 0.457 e. The predicted molar refractivity (Wildman–Crippen MR) is 68.9 cm³/mol. The molecule has 0 aliphatic rings. The van der Waals surface area contributed by atoms with Gasteiger partial charge < -0.3 is 9.16 Å². The average Bonchev–Trinajstić information content (AvgIpc) is 2.31. The fraction of sp³-hybridized carbons (Fsp3) is 0.583. The SMILES string of the molecule is C=CC(=O)OC(CC)C(C)O[SiH2]C(C)=CC. The van der Waals surface area contributed by atoms with Crippen molar-refractivity contribution < 1.29 is 14.0 Å². The van der Waals surface area contributed by atoms with E-state index in [-0.39, 0.29) is 18.2 Å². The van der Waals surface area contributed by atoms with Crippen LogP contribution in [0.5, 0.6) is 0 Å². The summed E-state index contributed by atoms with van der Waals surface area (Å²) in [6.45, 7) is 11.4. The normalized spacial score (nSPS) is 16.1. The van der Waals surface area contributed by atoms with Gasteiger partial charge in [0.1, 0.15) is 6.10 Å². The van der Waals surface area contributed by atoms with Crippen LogP contribution >= 0.6 is 0 Å². The van der Waals surface area contributed by atoms with E-state index in [1.807, 2.05) is 20.8 Å². The number of hydrogen-bond donors (Lipinski definition) is 0. The van der Waals surface area contributed by atoms with E-state index in [1.54, 1.807) is 0 Å². The van der Waals surface area contributed by atoms with Gasteiger partial charge in [-0.15, -0.1) is 0 Å². The topological polar surface area (TPSA) is 35.5 Å². The molecule has 0 fully saturated rings. The summed E-state index contributed by atoms with van der Waals surface area (Å²) in [6, 6.07) is 0. The first-order valence-electron chi connectivity index (χ1n) is 5.61. The van der Waals surface area contributed by atoms with Crippen molar-refractivity contribution in [1.29, 1.82) is 0 Å². The van der Waals surface area contributed by atoms with Crippen molar-refractivity contribution in [3.05, 3.63) is 23.9 Å². The molecular formula is C12H22O3Si. The van der Waals surface area contributed by atoms with Crippen LogP contribution in [-0.2, 0) is 14.0 Å². The van der Waals surface area contributed by atoms with Gasteiger partial charge in [0.15, 0.2) is 9.76 Å². The Bertz CT molecular complexity index is 261. The van der Waals surface area contributed by atoms with Gasteiger partial charge in [0.2, 0.25) is 0 Å². The Morgan fingerprint density at radius 2 is 2.19 bits per heavy atom. The smallest absolute Gasteiger partial charge is 0.330 e. The van der Waals surface area contributed by atoms with Crippen molar-refractivity contribution in [1.82, 2.24) is 0 Å². The van der Waals surface area contributed by atoms with Crippen molar-refractivity contribution in [3.8, 4) is 0 Å². The monoisotopic (exact) mass is 242 g/mol. The molecule has 0 heterocycles. The second-order valence-corrected chi connectivity index (χ2v) is 5.48. The Morgan fingerprint density at radius 1 is 1.56 bits per heavy atom. The molecule has 0 N–H and O–H groups in total. The average molecular weight is 242 g/mol. The summed E-state index contributed by atoms with van der Waals surface area (Å²) >= 11 is 0. The lowest BCUT2D eigenvalue weighted by molar-refractivity contribution is -0.147. The van der Waals surface area contributed by atoms with E-state index in [9.17, 15) is 4.79 Å². The fourth-order valence-corrected chi connectivity index (χ4v) is 2.07. The third kappa shape index (κ3) is 5.88. The first-order chi connectivity index (χ1) is 7.54. The molecule has 0 spiro atoms. The van der Waals surface area contributed by atoms with E-state index in [0.717, 1.165) is 6.42 Å². The van der Waals surface area contributed by atoms with Gasteiger partial charge in [-0.25, -0.2) is 4.79 Å². The molecule has 0 aliphatic carbocycles. The van der Waals surface area contributed by atoms with E-state index in [0.29, 0.717) is 0 Å². The minimum absolute atomic E-state index is 0.0459. The van der Waals surface area contributed by atoms with Crippen molar-refractivity contribution in [2.45, 2.75) is 46.3 Å². The predicted octanol–water partition coefficient (Wildman–Crippen LogP) is 1.91. The van der Waals surface area contributed by atoms with Crippen LogP contribution in [0.4, 0.5) is 0 Å². The zero-order chi connectivity index (χ0) is 12.6. The van der Waals surface area contributed by atoms with E-state index in [1.165, 1.54) is 11.3 Å². The van der Waals surface area contributed by atoms with Crippen molar-refractivity contribution in [2.24, 2.45) is 0 Å². The second kappa shape index (κ2) is 8.30. The zero-order valence-electron chi connectivity index (χ0n) is 10.7. The summed E-state index contributed by atoms with van der Waals surface area (Å²) in [6.07, 6.45) is 3.78. The molecule has 0 saturated heterocycles. The van der Waals surface area contributed by atoms with Crippen LogP contribution < -0.4 is 0 Å². The fourth-order valence-electron chi connectivity index (χ4n) is 1.16. The molecule has 0 rings (SSSR count). The Balaban J connectivity index is 4.14. The number of allylic oxidation sites excluding steroid dienone is 2. The Kier molecular flexibility index (Phi) is 7.85. The van der Waals surface area contributed by atoms with Gasteiger partial charge in [0, 0.05) is 6.08 Å². The van der Waals surface area contributed by atoms with E-state index in [4.69, 9.17) is 9.16 Å². The van der Waals surface area contributed by atoms with Crippen molar-refractivity contribution in [3.63, 3.8) is 0 Å². The minimum atomic E-state index is -0.660. The highest BCUT2D eigenvalue weighted by Gasteiger charge is 2.18. The Morgan fingerprint density at radius 3 is 2.62 bits per heavy atom. The van der Waals surface area contributed by atoms with E-state index < -0.39 is 9.76 Å². The zero-order valence-corrected chi connectivity index (χ0v) is 12.1. The lowest BCUT2D eigenvalue weighted by Crippen LogP contribution is -2.31. The second-order valence-electron chi connectivity index (χ2n) is 3.74. The maximum Gasteiger partial charge on any atom is 0.330 e. The molecule has 0 radical (unpaired) electrons. The molecule has 3 nitrogen and oxygen atoms in total. The van der Waals surface area contributed by atoms with Crippen LogP contribution in [-0.4, -0.2) is 27.9 Å². The summed E-state index contributed by atoms with van der Waals surface area (Å²) in [5, 5.41) is 1.30. The molecule has 0 amide bonds. The highest BCUT2D eigenvalue weighted by Crippen LogP contribution is 2.09. The van der Waals surface area contributed by atoms with Crippen LogP contribution in [0.3, 0.4) is 0 Å². The van der Waals surface area contributed by atoms with Crippen LogP contribution in [0.25, 0.3) is 0 Å². The maximum absolute atomic E-state index is 11.1. The van der Waals surface area contributed by atoms with Gasteiger partial charge in [-0.05, 0) is 27.2 Å². The summed E-state index contributed by atoms with van der Waals surface area (Å²) in [4.78, 5) is 11.1. The number of carbonyl (C=O) groups excluding carboxylic acids is 1. The third-order valence-corrected chi connectivity index (χ3v) is 3.98. The Labute approximate surface area is 100 Å². The molecule has 2 atom stereocenters. The number of carbonyl (C=O) groups is 1.